The van der Waals surface area contributed by atoms with E-state index in [0.29, 0.717) is 22.8 Å². The van der Waals surface area contributed by atoms with Crippen LogP contribution < -0.4 is 0 Å². The van der Waals surface area contributed by atoms with Crippen LogP contribution in [0.4, 0.5) is 0 Å². The van der Waals surface area contributed by atoms with Crippen LogP contribution in [0.3, 0.4) is 0 Å². The highest BCUT2D eigenvalue weighted by molar-refractivity contribution is 7.89. The van der Waals surface area contributed by atoms with Gasteiger partial charge in [-0.3, -0.25) is 4.68 Å². The number of hydrogen-bond acceptors (Lipinski definition) is 5. The van der Waals surface area contributed by atoms with Gasteiger partial charge in [-0.25, -0.2) is 18.4 Å². The van der Waals surface area contributed by atoms with Gasteiger partial charge in [-0.15, -0.1) is 0 Å². The van der Waals surface area contributed by atoms with E-state index in [-0.39, 0.29) is 6.54 Å². The summed E-state index contributed by atoms with van der Waals surface area (Å²) in [5.74, 6) is 0. The molecule has 0 fully saturated rings. The van der Waals surface area contributed by atoms with Crippen LogP contribution in [0.25, 0.3) is 0 Å². The largest absolute Gasteiger partial charge is 0.271 e. The summed E-state index contributed by atoms with van der Waals surface area (Å²) in [6.07, 6.45) is 3.11. The Hall–Kier alpha value is -1.80. The monoisotopic (exact) mass is 293 g/mol. The Kier molecular flexibility index (Phi) is 2.87. The number of sulfonamides is 1. The highest BCUT2D eigenvalue weighted by Crippen LogP contribution is 2.29. The Bertz CT molecular complexity index is 756. The first-order valence-electron chi connectivity index (χ1n) is 6.19. The fraction of sp³-hybridized carbons (Fsp3) is 0.417. The lowest BCUT2D eigenvalue weighted by atomic mass is 10.3. The van der Waals surface area contributed by atoms with Gasteiger partial charge in [-0.2, -0.15) is 9.40 Å². The summed E-state index contributed by atoms with van der Waals surface area (Å²) in [5.41, 5.74) is 2.79. The fourth-order valence-electron chi connectivity index (χ4n) is 2.50. The van der Waals surface area contributed by atoms with Gasteiger partial charge >= 0.3 is 0 Å². The molecule has 0 atom stereocenters. The predicted molar refractivity (Wildman–Crippen MR) is 71.1 cm³/mol. The second kappa shape index (κ2) is 4.35. The van der Waals surface area contributed by atoms with Crippen LogP contribution >= 0.6 is 0 Å². The first kappa shape index (κ1) is 13.2. The second-order valence-corrected chi connectivity index (χ2v) is 6.77. The predicted octanol–water partition coefficient (Wildman–Crippen LogP) is 0.531. The Morgan fingerprint density at radius 1 is 1.25 bits per heavy atom. The summed E-state index contributed by atoms with van der Waals surface area (Å²) in [7, 11) is -1.82. The maximum Gasteiger partial charge on any atom is 0.247 e. The zero-order chi connectivity index (χ0) is 14.5. The topological polar surface area (TPSA) is 81.0 Å². The Morgan fingerprint density at radius 2 is 2.00 bits per heavy atom. The maximum absolute atomic E-state index is 12.8. The lowest BCUT2D eigenvalue weighted by Gasteiger charge is -2.15. The van der Waals surface area contributed by atoms with Crippen LogP contribution in [-0.2, 0) is 30.2 Å². The molecule has 3 heterocycles. The molecule has 3 rings (SSSR count). The van der Waals surface area contributed by atoms with Gasteiger partial charge in [-0.1, -0.05) is 0 Å². The summed E-state index contributed by atoms with van der Waals surface area (Å²) >= 11 is 0. The van der Waals surface area contributed by atoms with Crippen molar-refractivity contribution in [1.29, 1.82) is 0 Å². The van der Waals surface area contributed by atoms with Crippen LogP contribution in [0.15, 0.2) is 17.4 Å². The minimum Gasteiger partial charge on any atom is -0.271 e. The molecule has 1 aliphatic heterocycles. The molecule has 8 heteroatoms. The summed E-state index contributed by atoms with van der Waals surface area (Å²) < 4.78 is 28.6. The van der Waals surface area contributed by atoms with Crippen LogP contribution in [0.5, 0.6) is 0 Å². The Balaban J connectivity index is 2.03. The van der Waals surface area contributed by atoms with Crippen LogP contribution in [0.2, 0.25) is 0 Å². The van der Waals surface area contributed by atoms with Gasteiger partial charge in [0.2, 0.25) is 10.0 Å². The van der Waals surface area contributed by atoms with Crippen LogP contribution in [-0.4, -0.2) is 32.5 Å². The first-order chi connectivity index (χ1) is 9.41. The number of rotatable bonds is 2. The van der Waals surface area contributed by atoms with Gasteiger partial charge in [0.05, 0.1) is 23.6 Å². The van der Waals surface area contributed by atoms with Crippen molar-refractivity contribution in [2.45, 2.75) is 31.8 Å². The molecule has 0 amide bonds. The number of hydrogen-bond donors (Lipinski definition) is 0. The molecule has 0 aliphatic carbocycles. The van der Waals surface area contributed by atoms with Crippen molar-refractivity contribution < 1.29 is 8.42 Å². The lowest BCUT2D eigenvalue weighted by molar-refractivity contribution is 0.429. The molecule has 106 valence electrons. The molecule has 0 N–H and O–H groups in total. The number of aryl methyl sites for hydroxylation is 2. The van der Waals surface area contributed by atoms with Gasteiger partial charge in [0.15, 0.2) is 0 Å². The Morgan fingerprint density at radius 3 is 2.60 bits per heavy atom. The molecule has 0 unspecified atom stereocenters. The molecule has 0 aromatic carbocycles. The minimum atomic E-state index is -3.56. The zero-order valence-electron chi connectivity index (χ0n) is 11.5. The van der Waals surface area contributed by atoms with E-state index in [1.54, 1.807) is 31.8 Å². The van der Waals surface area contributed by atoms with Gasteiger partial charge in [0.1, 0.15) is 11.2 Å². The molecule has 0 spiro atoms. The lowest BCUT2D eigenvalue weighted by Crippen LogP contribution is -2.26. The van der Waals surface area contributed by atoms with Crippen molar-refractivity contribution in [2.24, 2.45) is 7.05 Å². The van der Waals surface area contributed by atoms with Crippen molar-refractivity contribution in [1.82, 2.24) is 24.1 Å². The SMILES string of the molecule is Cc1nn(C)c(C)c1S(=O)(=O)N1Cc2cncnc2C1. The third-order valence-electron chi connectivity index (χ3n) is 3.59. The van der Waals surface area contributed by atoms with Crippen molar-refractivity contribution in [2.75, 3.05) is 0 Å². The standard InChI is InChI=1S/C12H15N5O2S/c1-8-12(9(2)16(3)15-8)20(18,19)17-5-10-4-13-7-14-11(10)6-17/h4,7H,5-6H2,1-3H3. The van der Waals surface area contributed by atoms with Gasteiger partial charge in [0, 0.05) is 25.4 Å². The van der Waals surface area contributed by atoms with Crippen molar-refractivity contribution in [3.05, 3.63) is 35.2 Å². The van der Waals surface area contributed by atoms with E-state index in [0.717, 1.165) is 11.3 Å². The van der Waals surface area contributed by atoms with E-state index in [1.165, 1.54) is 10.6 Å². The van der Waals surface area contributed by atoms with E-state index in [4.69, 9.17) is 0 Å². The molecular formula is C12H15N5O2S. The third-order valence-corrected chi connectivity index (χ3v) is 5.64. The smallest absolute Gasteiger partial charge is 0.247 e. The molecule has 0 bridgehead atoms. The van der Waals surface area contributed by atoms with Crippen molar-refractivity contribution in [3.63, 3.8) is 0 Å². The van der Waals surface area contributed by atoms with E-state index >= 15 is 0 Å². The molecule has 0 saturated carbocycles. The summed E-state index contributed by atoms with van der Waals surface area (Å²) in [4.78, 5) is 8.36. The maximum atomic E-state index is 12.8. The van der Waals surface area contributed by atoms with Gasteiger partial charge in [-0.05, 0) is 13.8 Å². The number of fused-ring (bicyclic) bond motifs is 1. The highest BCUT2D eigenvalue weighted by atomic mass is 32.2. The summed E-state index contributed by atoms with van der Waals surface area (Å²) in [6, 6.07) is 0. The van der Waals surface area contributed by atoms with E-state index < -0.39 is 10.0 Å². The minimum absolute atomic E-state index is 0.286. The van der Waals surface area contributed by atoms with E-state index in [9.17, 15) is 8.42 Å². The van der Waals surface area contributed by atoms with Crippen LogP contribution in [0.1, 0.15) is 22.6 Å². The molecule has 7 nitrogen and oxygen atoms in total. The molecule has 2 aromatic rings. The molecule has 1 aliphatic rings. The van der Waals surface area contributed by atoms with Gasteiger partial charge < -0.3 is 0 Å². The average molecular weight is 293 g/mol. The first-order valence-corrected chi connectivity index (χ1v) is 7.63. The highest BCUT2D eigenvalue weighted by Gasteiger charge is 2.35. The molecule has 2 aromatic heterocycles. The third kappa shape index (κ3) is 1.83. The van der Waals surface area contributed by atoms with Crippen LogP contribution in [0, 0.1) is 13.8 Å². The van der Waals surface area contributed by atoms with E-state index in [1.807, 2.05) is 0 Å². The second-order valence-electron chi connectivity index (χ2n) is 4.89. The summed E-state index contributed by atoms with van der Waals surface area (Å²) in [5, 5.41) is 4.18. The number of nitrogens with zero attached hydrogens (tertiary/aromatic N) is 5. The molecular weight excluding hydrogens is 278 g/mol. The molecule has 0 saturated heterocycles. The average Bonchev–Trinajstić information content (AvgIpc) is 2.92. The zero-order valence-corrected chi connectivity index (χ0v) is 12.3. The fourth-order valence-corrected chi connectivity index (χ4v) is 4.28. The Labute approximate surface area is 117 Å². The van der Waals surface area contributed by atoms with E-state index in [2.05, 4.69) is 15.1 Å². The molecule has 20 heavy (non-hydrogen) atoms. The quantitative estimate of drug-likeness (QED) is 0.807. The van der Waals surface area contributed by atoms with Gasteiger partial charge in [0.25, 0.3) is 0 Å². The van der Waals surface area contributed by atoms with Crippen molar-refractivity contribution >= 4 is 10.0 Å². The summed E-state index contributed by atoms with van der Waals surface area (Å²) in [6.45, 7) is 4.07. The molecule has 0 radical (unpaired) electrons. The normalized spacial score (nSPS) is 15.6. The van der Waals surface area contributed by atoms with Crippen molar-refractivity contribution in [3.8, 4) is 0 Å². The number of aromatic nitrogens is 4.